The first-order valence-electron chi connectivity index (χ1n) is 8.82. The van der Waals surface area contributed by atoms with Gasteiger partial charge in [0.2, 0.25) is 0 Å². The van der Waals surface area contributed by atoms with Gasteiger partial charge in [-0.3, -0.25) is 4.79 Å². The molecule has 2 atom stereocenters. The van der Waals surface area contributed by atoms with Gasteiger partial charge in [0, 0.05) is 6.92 Å². The quantitative estimate of drug-likeness (QED) is 0.531. The maximum Gasteiger partial charge on any atom is 0.303 e. The predicted octanol–water partition coefficient (Wildman–Crippen LogP) is 4.05. The van der Waals surface area contributed by atoms with Crippen LogP contribution < -0.4 is 0 Å². The number of carbonyl (C=O) groups is 1. The molecule has 0 heterocycles. The fourth-order valence-corrected chi connectivity index (χ4v) is 3.12. The van der Waals surface area contributed by atoms with Crippen LogP contribution >= 0.6 is 0 Å². The molecule has 2 aromatic rings. The van der Waals surface area contributed by atoms with Crippen molar-refractivity contribution in [2.75, 3.05) is 6.61 Å². The molecule has 0 fully saturated rings. The minimum atomic E-state index is -0.880. The molecule has 2 aromatic carbocycles. The van der Waals surface area contributed by atoms with Crippen molar-refractivity contribution in [1.82, 2.24) is 0 Å². The van der Waals surface area contributed by atoms with Crippen LogP contribution in [0.5, 0.6) is 0 Å². The highest BCUT2D eigenvalue weighted by Gasteiger charge is 2.44. The van der Waals surface area contributed by atoms with E-state index in [9.17, 15) is 4.79 Å². The van der Waals surface area contributed by atoms with Crippen molar-refractivity contribution in [2.24, 2.45) is 0 Å². The minimum Gasteiger partial charge on any atom is -0.450 e. The molecular formula is C22H24O4. The van der Waals surface area contributed by atoms with Crippen LogP contribution in [0.3, 0.4) is 0 Å². The van der Waals surface area contributed by atoms with Gasteiger partial charge < -0.3 is 14.2 Å². The van der Waals surface area contributed by atoms with Gasteiger partial charge in [-0.25, -0.2) is 0 Å². The molecule has 4 nitrogen and oxygen atoms in total. The first-order valence-corrected chi connectivity index (χ1v) is 8.82. The van der Waals surface area contributed by atoms with E-state index < -0.39 is 5.60 Å². The van der Waals surface area contributed by atoms with Crippen molar-refractivity contribution in [2.45, 2.75) is 38.3 Å². The topological polar surface area (TPSA) is 44.8 Å². The SMILES string of the molecule is CC(=O)OC1(COCc2ccccc2)C=CC[C@@H]1OCc1ccccc1. The van der Waals surface area contributed by atoms with Gasteiger partial charge in [0.15, 0.2) is 5.60 Å². The second-order valence-corrected chi connectivity index (χ2v) is 6.45. The van der Waals surface area contributed by atoms with Crippen LogP contribution in [0.1, 0.15) is 24.5 Å². The molecule has 0 aromatic heterocycles. The molecule has 1 unspecified atom stereocenters. The zero-order valence-electron chi connectivity index (χ0n) is 15.0. The number of hydrogen-bond acceptors (Lipinski definition) is 4. The highest BCUT2D eigenvalue weighted by atomic mass is 16.6. The first kappa shape index (κ1) is 18.4. The van der Waals surface area contributed by atoms with Crippen molar-refractivity contribution in [1.29, 1.82) is 0 Å². The van der Waals surface area contributed by atoms with Gasteiger partial charge in [0.1, 0.15) is 6.10 Å². The van der Waals surface area contributed by atoms with Gasteiger partial charge in [-0.15, -0.1) is 0 Å². The molecule has 4 heteroatoms. The summed E-state index contributed by atoms with van der Waals surface area (Å²) in [5, 5.41) is 0. The molecule has 0 aliphatic heterocycles. The number of hydrogen-bond donors (Lipinski definition) is 0. The first-order chi connectivity index (χ1) is 12.7. The van der Waals surface area contributed by atoms with Crippen LogP contribution in [0.2, 0.25) is 0 Å². The van der Waals surface area contributed by atoms with E-state index in [0.29, 0.717) is 19.6 Å². The molecule has 0 saturated carbocycles. The summed E-state index contributed by atoms with van der Waals surface area (Å²) in [6.07, 6.45) is 4.32. The monoisotopic (exact) mass is 352 g/mol. The van der Waals surface area contributed by atoms with E-state index in [-0.39, 0.29) is 18.7 Å². The van der Waals surface area contributed by atoms with Crippen LogP contribution in [0.4, 0.5) is 0 Å². The molecule has 0 N–H and O–H groups in total. The molecule has 0 radical (unpaired) electrons. The van der Waals surface area contributed by atoms with Crippen LogP contribution in [-0.4, -0.2) is 24.3 Å². The summed E-state index contributed by atoms with van der Waals surface area (Å²) in [4.78, 5) is 11.7. The van der Waals surface area contributed by atoms with Gasteiger partial charge in [-0.05, 0) is 23.6 Å². The van der Waals surface area contributed by atoms with E-state index >= 15 is 0 Å². The van der Waals surface area contributed by atoms with Crippen molar-refractivity contribution < 1.29 is 19.0 Å². The van der Waals surface area contributed by atoms with Crippen molar-refractivity contribution in [3.05, 3.63) is 83.9 Å². The number of rotatable bonds is 8. The molecule has 1 aliphatic rings. The minimum absolute atomic E-state index is 0.261. The van der Waals surface area contributed by atoms with E-state index in [0.717, 1.165) is 11.1 Å². The van der Waals surface area contributed by atoms with E-state index in [4.69, 9.17) is 14.2 Å². The number of benzene rings is 2. The predicted molar refractivity (Wildman–Crippen MR) is 99.4 cm³/mol. The summed E-state index contributed by atoms with van der Waals surface area (Å²) in [7, 11) is 0. The van der Waals surface area contributed by atoms with Gasteiger partial charge in [0.05, 0.1) is 19.8 Å². The van der Waals surface area contributed by atoms with E-state index in [2.05, 4.69) is 0 Å². The van der Waals surface area contributed by atoms with Gasteiger partial charge >= 0.3 is 5.97 Å². The van der Waals surface area contributed by atoms with Crippen molar-refractivity contribution >= 4 is 5.97 Å². The molecule has 0 saturated heterocycles. The molecule has 1 aliphatic carbocycles. The molecule has 3 rings (SSSR count). The summed E-state index contributed by atoms with van der Waals surface area (Å²) in [6.45, 7) is 2.61. The Morgan fingerprint density at radius 2 is 1.62 bits per heavy atom. The smallest absolute Gasteiger partial charge is 0.303 e. The Hall–Kier alpha value is -2.43. The highest BCUT2D eigenvalue weighted by Crippen LogP contribution is 2.32. The van der Waals surface area contributed by atoms with Crippen LogP contribution in [0, 0.1) is 0 Å². The molecule has 0 spiro atoms. The average molecular weight is 352 g/mol. The second-order valence-electron chi connectivity index (χ2n) is 6.45. The Labute approximate surface area is 154 Å². The summed E-state index contributed by atoms with van der Waals surface area (Å²) < 4.78 is 17.6. The summed E-state index contributed by atoms with van der Waals surface area (Å²) >= 11 is 0. The molecule has 26 heavy (non-hydrogen) atoms. The van der Waals surface area contributed by atoms with Crippen LogP contribution in [0.25, 0.3) is 0 Å². The Balaban J connectivity index is 1.64. The summed E-state index contributed by atoms with van der Waals surface area (Å²) in [5.41, 5.74) is 1.28. The van der Waals surface area contributed by atoms with Crippen molar-refractivity contribution in [3.8, 4) is 0 Å². The van der Waals surface area contributed by atoms with E-state index in [1.165, 1.54) is 6.92 Å². The van der Waals surface area contributed by atoms with Gasteiger partial charge in [-0.2, -0.15) is 0 Å². The highest BCUT2D eigenvalue weighted by molar-refractivity contribution is 5.67. The molecular weight excluding hydrogens is 328 g/mol. The zero-order valence-corrected chi connectivity index (χ0v) is 15.0. The summed E-state index contributed by atoms with van der Waals surface area (Å²) in [5.74, 6) is -0.340. The third-order valence-corrected chi connectivity index (χ3v) is 4.36. The lowest BCUT2D eigenvalue weighted by Gasteiger charge is -2.33. The lowest BCUT2D eigenvalue weighted by molar-refractivity contribution is -0.177. The third kappa shape index (κ3) is 4.81. The number of esters is 1. The maximum absolute atomic E-state index is 11.7. The largest absolute Gasteiger partial charge is 0.450 e. The van der Waals surface area contributed by atoms with Gasteiger partial charge in [-0.1, -0.05) is 66.7 Å². The normalized spacial score (nSPS) is 21.7. The second kappa shape index (κ2) is 8.79. The Kier molecular flexibility index (Phi) is 6.21. The van der Waals surface area contributed by atoms with Crippen LogP contribution in [0.15, 0.2) is 72.8 Å². The average Bonchev–Trinajstić information content (AvgIpc) is 3.03. The van der Waals surface area contributed by atoms with Crippen molar-refractivity contribution in [3.63, 3.8) is 0 Å². The lowest BCUT2D eigenvalue weighted by Crippen LogP contribution is -2.47. The third-order valence-electron chi connectivity index (χ3n) is 4.36. The zero-order chi connectivity index (χ0) is 18.2. The Bertz CT molecular complexity index is 726. The van der Waals surface area contributed by atoms with Crippen LogP contribution in [-0.2, 0) is 32.2 Å². The van der Waals surface area contributed by atoms with Gasteiger partial charge in [0.25, 0.3) is 0 Å². The maximum atomic E-state index is 11.7. The summed E-state index contributed by atoms with van der Waals surface area (Å²) in [6, 6.07) is 19.9. The fourth-order valence-electron chi connectivity index (χ4n) is 3.12. The Morgan fingerprint density at radius 3 is 2.23 bits per heavy atom. The standard InChI is InChI=1S/C22H24O4/c1-18(23)26-22(17-24-15-19-9-4-2-5-10-19)14-8-13-21(22)25-16-20-11-6-3-7-12-20/h2-12,14,21H,13,15-17H2,1H3/t21-,22?/m0/s1. The lowest BCUT2D eigenvalue weighted by atomic mass is 10.0. The number of carbonyl (C=O) groups excluding carboxylic acids is 1. The van der Waals surface area contributed by atoms with E-state index in [1.807, 2.05) is 72.8 Å². The Morgan fingerprint density at radius 1 is 1.00 bits per heavy atom. The molecule has 136 valence electrons. The fraction of sp³-hybridized carbons (Fsp3) is 0.318. The number of ether oxygens (including phenoxy) is 3. The van der Waals surface area contributed by atoms with E-state index in [1.54, 1.807) is 0 Å². The molecule has 0 amide bonds. The molecule has 0 bridgehead atoms.